The topological polar surface area (TPSA) is 69.4 Å². The Balaban J connectivity index is 4.08. The van der Waals surface area contributed by atoms with Gasteiger partial charge in [0.15, 0.2) is 0 Å². The van der Waals surface area contributed by atoms with Crippen molar-refractivity contribution in [2.24, 2.45) is 11.7 Å². The van der Waals surface area contributed by atoms with Crippen LogP contribution >= 0.6 is 8.93 Å². The average Bonchev–Trinajstić information content (AvgIpc) is 2.16. The molecule has 0 fully saturated rings. The van der Waals surface area contributed by atoms with Crippen LogP contribution < -0.4 is 26.7 Å². The van der Waals surface area contributed by atoms with Crippen molar-refractivity contribution >= 4 is 20.0 Å². The van der Waals surface area contributed by atoms with Crippen molar-refractivity contribution in [3.63, 3.8) is 0 Å². The van der Waals surface area contributed by atoms with Crippen LogP contribution in [0.15, 0.2) is 0 Å². The molecule has 0 aliphatic carbocycles. The van der Waals surface area contributed by atoms with Crippen molar-refractivity contribution in [3.8, 4) is 0 Å². The number of rotatable bonds is 6. The van der Waals surface area contributed by atoms with E-state index >= 15 is 0 Å². The molecule has 0 bridgehead atoms. The molecule has 0 aromatic heterocycles. The summed E-state index contributed by atoms with van der Waals surface area (Å²) in [7, 11) is 0.927. The molecular formula is C9H17INO3S-. The summed E-state index contributed by atoms with van der Waals surface area (Å²) in [6.45, 7) is 5.43. The molecule has 0 aromatic rings. The van der Waals surface area contributed by atoms with Crippen LogP contribution in [0.1, 0.15) is 27.2 Å². The van der Waals surface area contributed by atoms with E-state index in [2.05, 4.69) is 0 Å². The van der Waals surface area contributed by atoms with E-state index in [1.165, 1.54) is 6.92 Å². The SMILES string of the molecule is [3H][I-]SC(=O)[C@H](C)OC(=O)[C@@H](N)CC(C)C. The molecule has 0 aliphatic heterocycles. The van der Waals surface area contributed by atoms with Crippen LogP contribution in [0.3, 0.4) is 0 Å². The van der Waals surface area contributed by atoms with E-state index in [0.717, 1.165) is 8.93 Å². The number of nitrogens with two attached hydrogens (primary N) is 1. The predicted molar refractivity (Wildman–Crippen MR) is 57.0 cm³/mol. The third-order valence-corrected chi connectivity index (χ3v) is 3.52. The quantitative estimate of drug-likeness (QED) is 0.434. The molecule has 0 amide bonds. The molecule has 90 valence electrons. The number of hydrogen-bond acceptors (Lipinski definition) is 5. The zero-order valence-electron chi connectivity index (χ0n) is 10.0. The van der Waals surface area contributed by atoms with Crippen molar-refractivity contribution in [3.05, 3.63) is 0 Å². The first-order valence-electron chi connectivity index (χ1n) is 5.04. The van der Waals surface area contributed by atoms with E-state index in [1.54, 1.807) is 0 Å². The van der Waals surface area contributed by atoms with Gasteiger partial charge in [-0.15, -0.1) is 0 Å². The summed E-state index contributed by atoms with van der Waals surface area (Å²) >= 11 is -0.928. The molecule has 0 aromatic carbocycles. The summed E-state index contributed by atoms with van der Waals surface area (Å²) in [6.07, 6.45) is -0.265. The van der Waals surface area contributed by atoms with Gasteiger partial charge < -0.3 is 0 Å². The fourth-order valence-electron chi connectivity index (χ4n) is 0.977. The first-order valence-corrected chi connectivity index (χ1v) is 8.02. The van der Waals surface area contributed by atoms with E-state index in [9.17, 15) is 9.59 Å². The Morgan fingerprint density at radius 1 is 1.53 bits per heavy atom. The minimum absolute atomic E-state index is 0.270. The van der Waals surface area contributed by atoms with Crippen molar-refractivity contribution in [1.82, 2.24) is 0 Å². The molecule has 0 rings (SSSR count). The number of carbonyl (C=O) groups excluding carboxylic acids is 2. The molecule has 0 heterocycles. The Labute approximate surface area is 107 Å². The maximum atomic E-state index is 11.5. The van der Waals surface area contributed by atoms with E-state index < -0.39 is 39.1 Å². The van der Waals surface area contributed by atoms with Crippen molar-refractivity contribution < 1.29 is 35.3 Å². The standard InChI is InChI=1S/C9H17INO3S/c1-5(2)4-7(11)8(12)14-6(3)9(13)15-10/h5-7,10H,4,11H2,1-3H3/q-1/t6-,7-/m0/s1/i10T. The number of esters is 1. The van der Waals surface area contributed by atoms with Gasteiger partial charge in [0.05, 0.1) is 0 Å². The summed E-state index contributed by atoms with van der Waals surface area (Å²) in [5.41, 5.74) is 5.62. The first kappa shape index (κ1) is 13.2. The summed E-state index contributed by atoms with van der Waals surface area (Å²) < 4.78 is 11.9. The van der Waals surface area contributed by atoms with E-state index in [4.69, 9.17) is 11.1 Å². The number of hydrogen-bond donors (Lipinski definition) is 1. The van der Waals surface area contributed by atoms with E-state index in [-0.39, 0.29) is 5.12 Å². The summed E-state index contributed by atoms with van der Waals surface area (Å²) in [5, 5.41) is -0.270. The van der Waals surface area contributed by atoms with Gasteiger partial charge in [-0.05, 0) is 0 Å². The Bertz CT molecular complexity index is 253. The van der Waals surface area contributed by atoms with Gasteiger partial charge in [-0.2, -0.15) is 0 Å². The molecule has 15 heavy (non-hydrogen) atoms. The van der Waals surface area contributed by atoms with Gasteiger partial charge in [-0.3, -0.25) is 0 Å². The minimum atomic E-state index is -0.928. The maximum absolute atomic E-state index is 11.5. The molecule has 6 heteroatoms. The molecule has 2 atom stereocenters. The second-order valence-electron chi connectivity index (χ2n) is 3.71. The third-order valence-electron chi connectivity index (χ3n) is 1.73. The average molecular weight is 348 g/mol. The van der Waals surface area contributed by atoms with Crippen LogP contribution in [0.5, 0.6) is 0 Å². The van der Waals surface area contributed by atoms with Crippen molar-refractivity contribution in [2.45, 2.75) is 39.3 Å². The van der Waals surface area contributed by atoms with Gasteiger partial charge in [0.2, 0.25) is 0 Å². The molecule has 0 unspecified atom stereocenters. The second kappa shape index (κ2) is 7.45. The zero-order chi connectivity index (χ0) is 12.7. The zero-order valence-corrected chi connectivity index (χ0v) is 12.0. The molecule has 0 aliphatic rings. The second-order valence-corrected chi connectivity index (χ2v) is 5.59. The van der Waals surface area contributed by atoms with Gasteiger partial charge in [0.25, 0.3) is 0 Å². The Hall–Kier alpha value is 0.180. The molecule has 0 saturated carbocycles. The predicted octanol–water partition coefficient (Wildman–Crippen LogP) is -2.25. The Morgan fingerprint density at radius 3 is 2.60 bits per heavy atom. The van der Waals surface area contributed by atoms with Gasteiger partial charge in [0.1, 0.15) is 0 Å². The Kier molecular flexibility index (Phi) is 6.58. The fourth-order valence-corrected chi connectivity index (χ4v) is 2.22. The number of halogens is 1. The van der Waals surface area contributed by atoms with Crippen molar-refractivity contribution in [2.75, 3.05) is 0 Å². The monoisotopic (exact) mass is 348 g/mol. The number of ether oxygens (including phenoxy) is 1. The van der Waals surface area contributed by atoms with Crippen LogP contribution in [0.2, 0.25) is 0 Å². The summed E-state index contributed by atoms with van der Waals surface area (Å²) in [4.78, 5) is 22.7. The molecule has 4 nitrogen and oxygen atoms in total. The van der Waals surface area contributed by atoms with Gasteiger partial charge in [-0.1, -0.05) is 0 Å². The summed E-state index contributed by atoms with van der Waals surface area (Å²) in [6, 6.07) is -0.675. The van der Waals surface area contributed by atoms with Gasteiger partial charge in [-0.25, -0.2) is 0 Å². The van der Waals surface area contributed by atoms with Crippen molar-refractivity contribution in [1.29, 1.82) is 0.594 Å². The molecular weight excluding hydrogens is 329 g/mol. The van der Waals surface area contributed by atoms with E-state index in [1.807, 2.05) is 13.8 Å². The molecule has 0 saturated heterocycles. The normalized spacial score (nSPS) is 15.9. The summed E-state index contributed by atoms with van der Waals surface area (Å²) in [5.74, 6) is -0.236. The fraction of sp³-hybridized carbons (Fsp3) is 0.778. The third kappa shape index (κ3) is 6.36. The Morgan fingerprint density at radius 2 is 2.13 bits per heavy atom. The molecule has 0 radical (unpaired) electrons. The molecule has 2 N–H and O–H groups in total. The van der Waals surface area contributed by atoms with Crippen LogP contribution in [-0.4, -0.2) is 23.8 Å². The van der Waals surface area contributed by atoms with Crippen LogP contribution in [0.25, 0.3) is 0 Å². The number of carbonyl (C=O) groups is 2. The van der Waals surface area contributed by atoms with Crippen LogP contribution in [-0.2, 0) is 14.3 Å². The van der Waals surface area contributed by atoms with Crippen LogP contribution in [0.4, 0.5) is 0 Å². The van der Waals surface area contributed by atoms with Gasteiger partial charge in [0, 0.05) is 0 Å². The molecule has 0 spiro atoms. The first-order chi connectivity index (χ1) is 7.38. The van der Waals surface area contributed by atoms with E-state index in [0.29, 0.717) is 12.3 Å². The van der Waals surface area contributed by atoms with Crippen LogP contribution in [0, 0.1) is 5.92 Å². The van der Waals surface area contributed by atoms with Gasteiger partial charge >= 0.3 is 107 Å².